The van der Waals surface area contributed by atoms with E-state index in [-0.39, 0.29) is 24.5 Å². The highest BCUT2D eigenvalue weighted by molar-refractivity contribution is 5.81. The second-order valence-corrected chi connectivity index (χ2v) is 6.75. The lowest BCUT2D eigenvalue weighted by Crippen LogP contribution is -2.64. The molecular formula is C16H29NO6. The van der Waals surface area contributed by atoms with Gasteiger partial charge in [0.1, 0.15) is 18.3 Å². The van der Waals surface area contributed by atoms with Gasteiger partial charge in [-0.2, -0.15) is 0 Å². The van der Waals surface area contributed by atoms with Gasteiger partial charge in [0.15, 0.2) is 0 Å². The van der Waals surface area contributed by atoms with Crippen LogP contribution in [0.25, 0.3) is 0 Å². The maximum atomic E-state index is 12.0. The predicted octanol–water partition coefficient (Wildman–Crippen LogP) is -0.432. The fourth-order valence-corrected chi connectivity index (χ4v) is 2.85. The number of carbonyl (C=O) groups is 1. The summed E-state index contributed by atoms with van der Waals surface area (Å²) in [6.07, 6.45) is -0.506. The lowest BCUT2D eigenvalue weighted by molar-refractivity contribution is -0.197. The summed E-state index contributed by atoms with van der Waals surface area (Å²) in [4.78, 5) is 12.0. The quantitative estimate of drug-likeness (QED) is 0.450. The lowest BCUT2D eigenvalue weighted by Gasteiger charge is -2.43. The van der Waals surface area contributed by atoms with Crippen molar-refractivity contribution < 1.29 is 29.6 Å². The number of aliphatic hydroxyl groups excluding tert-OH is 3. The fourth-order valence-electron chi connectivity index (χ4n) is 2.85. The molecule has 1 saturated heterocycles. The van der Waals surface area contributed by atoms with Crippen LogP contribution in [-0.4, -0.2) is 71.0 Å². The van der Waals surface area contributed by atoms with Crippen molar-refractivity contribution in [1.82, 2.24) is 5.32 Å². The van der Waals surface area contributed by atoms with Crippen LogP contribution in [0.4, 0.5) is 0 Å². The Bertz CT molecular complexity index is 387. The van der Waals surface area contributed by atoms with Gasteiger partial charge in [-0.05, 0) is 39.5 Å². The van der Waals surface area contributed by atoms with Crippen molar-refractivity contribution in [2.45, 2.75) is 76.1 Å². The molecule has 0 spiro atoms. The van der Waals surface area contributed by atoms with E-state index in [1.54, 1.807) is 0 Å². The molecule has 0 aromatic carbocycles. The molecular weight excluding hydrogens is 302 g/mol. The molecule has 1 aliphatic carbocycles. The van der Waals surface area contributed by atoms with E-state index in [0.29, 0.717) is 19.4 Å². The van der Waals surface area contributed by atoms with Crippen LogP contribution in [0.1, 0.15) is 39.5 Å². The van der Waals surface area contributed by atoms with E-state index in [1.807, 2.05) is 13.8 Å². The summed E-state index contributed by atoms with van der Waals surface area (Å²) in [5.74, 6) is -0.0874. The van der Waals surface area contributed by atoms with Crippen LogP contribution in [0.2, 0.25) is 0 Å². The van der Waals surface area contributed by atoms with Crippen molar-refractivity contribution in [2.24, 2.45) is 5.92 Å². The predicted molar refractivity (Wildman–Crippen MR) is 82.7 cm³/mol. The maximum Gasteiger partial charge on any atom is 0.223 e. The monoisotopic (exact) mass is 331 g/mol. The third-order valence-corrected chi connectivity index (χ3v) is 4.37. The fraction of sp³-hybridized carbons (Fsp3) is 0.938. The van der Waals surface area contributed by atoms with Gasteiger partial charge < -0.3 is 30.1 Å². The first kappa shape index (κ1) is 18.6. The molecule has 134 valence electrons. The number of amides is 1. The van der Waals surface area contributed by atoms with Crippen molar-refractivity contribution >= 4 is 5.91 Å². The topological polar surface area (TPSA) is 108 Å². The van der Waals surface area contributed by atoms with Crippen molar-refractivity contribution in [3.8, 4) is 0 Å². The standard InChI is InChI=1S/C16H29NO6/c1-9(2)22-7-3-4-11-13(17-16(21)10-5-6-10)15(20)14(19)12(8-18)23-11/h9-15,18-20H,3-8H2,1-2H3,(H,17,21)/t11?,12-,13+,14+,15-/m1/s1. The largest absolute Gasteiger partial charge is 0.394 e. The van der Waals surface area contributed by atoms with Crippen LogP contribution < -0.4 is 5.32 Å². The Morgan fingerprint density at radius 3 is 2.52 bits per heavy atom. The molecule has 1 saturated carbocycles. The number of aliphatic hydroxyl groups is 3. The van der Waals surface area contributed by atoms with E-state index >= 15 is 0 Å². The van der Waals surface area contributed by atoms with E-state index in [4.69, 9.17) is 9.47 Å². The lowest BCUT2D eigenvalue weighted by atomic mass is 9.90. The van der Waals surface area contributed by atoms with Crippen LogP contribution in [-0.2, 0) is 14.3 Å². The highest BCUT2D eigenvalue weighted by Gasteiger charge is 2.45. The van der Waals surface area contributed by atoms with E-state index < -0.39 is 30.5 Å². The minimum Gasteiger partial charge on any atom is -0.394 e. The molecule has 1 amide bonds. The molecule has 5 atom stereocenters. The first-order chi connectivity index (χ1) is 10.9. The highest BCUT2D eigenvalue weighted by atomic mass is 16.5. The van der Waals surface area contributed by atoms with Gasteiger partial charge in [0, 0.05) is 12.5 Å². The van der Waals surface area contributed by atoms with Crippen molar-refractivity contribution in [1.29, 1.82) is 0 Å². The molecule has 0 aromatic heterocycles. The molecule has 0 radical (unpaired) electrons. The summed E-state index contributed by atoms with van der Waals surface area (Å²) < 4.78 is 11.2. The summed E-state index contributed by atoms with van der Waals surface area (Å²) >= 11 is 0. The normalized spacial score (nSPS) is 34.6. The second kappa shape index (κ2) is 8.39. The van der Waals surface area contributed by atoms with E-state index in [0.717, 1.165) is 12.8 Å². The van der Waals surface area contributed by atoms with Gasteiger partial charge in [-0.15, -0.1) is 0 Å². The van der Waals surface area contributed by atoms with E-state index in [2.05, 4.69) is 5.32 Å². The third kappa shape index (κ3) is 5.12. The molecule has 1 heterocycles. The number of rotatable bonds is 8. The Morgan fingerprint density at radius 2 is 1.96 bits per heavy atom. The molecule has 2 fully saturated rings. The van der Waals surface area contributed by atoms with Gasteiger partial charge in [-0.1, -0.05) is 0 Å². The minimum absolute atomic E-state index is 0.0137. The van der Waals surface area contributed by atoms with Crippen LogP contribution in [0.15, 0.2) is 0 Å². The number of hydrogen-bond donors (Lipinski definition) is 4. The Hall–Kier alpha value is -0.730. The third-order valence-electron chi connectivity index (χ3n) is 4.37. The summed E-state index contributed by atoms with van der Waals surface area (Å²) in [5.41, 5.74) is 0. The average molecular weight is 331 g/mol. The first-order valence-electron chi connectivity index (χ1n) is 8.48. The molecule has 1 aliphatic heterocycles. The van der Waals surface area contributed by atoms with Crippen molar-refractivity contribution in [2.75, 3.05) is 13.2 Å². The van der Waals surface area contributed by atoms with Crippen LogP contribution in [0, 0.1) is 5.92 Å². The summed E-state index contributed by atoms with van der Waals surface area (Å²) in [6.45, 7) is 4.10. The van der Waals surface area contributed by atoms with Gasteiger partial charge in [0.05, 0.1) is 24.9 Å². The molecule has 2 aliphatic rings. The molecule has 0 aromatic rings. The molecule has 23 heavy (non-hydrogen) atoms. The Labute approximate surface area is 137 Å². The van der Waals surface area contributed by atoms with Crippen LogP contribution in [0.3, 0.4) is 0 Å². The molecule has 2 rings (SSSR count). The Balaban J connectivity index is 1.94. The van der Waals surface area contributed by atoms with Gasteiger partial charge in [-0.3, -0.25) is 4.79 Å². The number of ether oxygens (including phenoxy) is 2. The molecule has 1 unspecified atom stereocenters. The minimum atomic E-state index is -1.22. The maximum absolute atomic E-state index is 12.0. The second-order valence-electron chi connectivity index (χ2n) is 6.75. The van der Waals surface area contributed by atoms with Crippen LogP contribution >= 0.6 is 0 Å². The molecule has 4 N–H and O–H groups in total. The van der Waals surface area contributed by atoms with Crippen LogP contribution in [0.5, 0.6) is 0 Å². The zero-order chi connectivity index (χ0) is 17.0. The smallest absolute Gasteiger partial charge is 0.223 e. The van der Waals surface area contributed by atoms with Gasteiger partial charge in [-0.25, -0.2) is 0 Å². The van der Waals surface area contributed by atoms with Crippen molar-refractivity contribution in [3.63, 3.8) is 0 Å². The zero-order valence-electron chi connectivity index (χ0n) is 13.9. The summed E-state index contributed by atoms with van der Waals surface area (Å²) in [7, 11) is 0. The van der Waals surface area contributed by atoms with Gasteiger partial charge >= 0.3 is 0 Å². The van der Waals surface area contributed by atoms with E-state index in [1.165, 1.54) is 0 Å². The number of carbonyl (C=O) groups excluding carboxylic acids is 1. The molecule has 0 bridgehead atoms. The molecule has 7 heteroatoms. The highest BCUT2D eigenvalue weighted by Crippen LogP contribution is 2.30. The number of nitrogens with one attached hydrogen (secondary N) is 1. The zero-order valence-corrected chi connectivity index (χ0v) is 13.9. The van der Waals surface area contributed by atoms with E-state index in [9.17, 15) is 20.1 Å². The van der Waals surface area contributed by atoms with Gasteiger partial charge in [0.2, 0.25) is 5.91 Å². The number of hydrogen-bond acceptors (Lipinski definition) is 6. The molecule has 7 nitrogen and oxygen atoms in total. The summed E-state index contributed by atoms with van der Waals surface area (Å²) in [5, 5.41) is 32.5. The summed E-state index contributed by atoms with van der Waals surface area (Å²) in [6, 6.07) is -0.667. The SMILES string of the molecule is CC(C)OCCCC1O[C@H](CO)[C@H](O)[C@H](O)[C@H]1NC(=O)C1CC1. The van der Waals surface area contributed by atoms with Gasteiger partial charge in [0.25, 0.3) is 0 Å². The average Bonchev–Trinajstić information content (AvgIpc) is 3.34. The Morgan fingerprint density at radius 1 is 1.26 bits per heavy atom. The first-order valence-corrected chi connectivity index (χ1v) is 8.48. The van der Waals surface area contributed by atoms with Crippen molar-refractivity contribution in [3.05, 3.63) is 0 Å². The Kier molecular flexibility index (Phi) is 6.79.